The summed E-state index contributed by atoms with van der Waals surface area (Å²) >= 11 is 0. The van der Waals surface area contributed by atoms with E-state index in [1.165, 1.54) is 24.3 Å². The minimum absolute atomic E-state index is 0. The van der Waals surface area contributed by atoms with Crippen LogP contribution in [0.3, 0.4) is 0 Å². The van der Waals surface area contributed by atoms with Crippen LogP contribution in [0.15, 0.2) is 110 Å². The van der Waals surface area contributed by atoms with Crippen LogP contribution in [0.4, 0.5) is 0 Å². The second-order valence-electron chi connectivity index (χ2n) is 7.06. The molecule has 0 saturated carbocycles. The van der Waals surface area contributed by atoms with Crippen LogP contribution < -0.4 is 10.2 Å². The fourth-order valence-electron chi connectivity index (χ4n) is 2.73. The van der Waals surface area contributed by atoms with E-state index in [2.05, 4.69) is 39.9 Å². The maximum absolute atomic E-state index is 10.1. The van der Waals surface area contributed by atoms with Gasteiger partial charge < -0.3 is 39.7 Å². The molecule has 13 heteroatoms. The third-order valence-corrected chi connectivity index (χ3v) is 4.46. The fourth-order valence-corrected chi connectivity index (χ4v) is 2.73. The van der Waals surface area contributed by atoms with Crippen molar-refractivity contribution >= 4 is 11.9 Å². The zero-order chi connectivity index (χ0) is 27.0. The summed E-state index contributed by atoms with van der Waals surface area (Å²) in [6, 6.07) is 16.1. The first-order chi connectivity index (χ1) is 18.5. The molecule has 0 saturated heterocycles. The molecule has 2 aromatic carbocycles. The summed E-state index contributed by atoms with van der Waals surface area (Å²) in [5, 5.41) is 20.2. The molecule has 12 nitrogen and oxygen atoms in total. The van der Waals surface area contributed by atoms with E-state index in [0.717, 1.165) is 23.3 Å². The molecule has 0 atom stereocenters. The van der Waals surface area contributed by atoms with E-state index >= 15 is 0 Å². The second-order valence-corrected chi connectivity index (χ2v) is 7.06. The predicted octanol–water partition coefficient (Wildman–Crippen LogP) is 1.70. The Morgan fingerprint density at radius 2 is 0.744 bits per heavy atom. The van der Waals surface area contributed by atoms with E-state index in [9.17, 15) is 19.8 Å². The summed E-state index contributed by atoms with van der Waals surface area (Å²) in [5.74, 6) is 0.816. The van der Waals surface area contributed by atoms with Gasteiger partial charge in [-0.3, -0.25) is 0 Å². The summed E-state index contributed by atoms with van der Waals surface area (Å²) in [6.07, 6.45) is 13.8. The minimum Gasteiger partial charge on any atom is -0.545 e. The van der Waals surface area contributed by atoms with E-state index in [1.54, 1.807) is 86.0 Å². The molecule has 0 bridgehead atoms. The van der Waals surface area contributed by atoms with Crippen molar-refractivity contribution in [1.82, 2.24) is 39.9 Å². The first-order valence-corrected chi connectivity index (χ1v) is 11.1. The molecule has 4 N–H and O–H groups in total. The van der Waals surface area contributed by atoms with Gasteiger partial charge in [0.15, 0.2) is 23.3 Å². The SMILES string of the molecule is O=C([O-])c1ccccc1.O=C([O-])c1ccccc1.[Cu+2].c1c[nH]c(-c2ncc[nH]2)n1.c1c[nH]c(-c2ncc[nH]2)n1. The van der Waals surface area contributed by atoms with E-state index in [-0.39, 0.29) is 28.2 Å². The average molecular weight is 574 g/mol. The molecule has 0 aliphatic carbocycles. The zero-order valence-corrected chi connectivity index (χ0v) is 21.1. The van der Waals surface area contributed by atoms with Crippen molar-refractivity contribution in [3.8, 4) is 23.3 Å². The third-order valence-electron chi connectivity index (χ3n) is 4.46. The van der Waals surface area contributed by atoms with E-state index in [1.807, 2.05) is 0 Å². The van der Waals surface area contributed by atoms with E-state index in [4.69, 9.17) is 0 Å². The van der Waals surface area contributed by atoms with Gasteiger partial charge in [0.05, 0.1) is 11.9 Å². The van der Waals surface area contributed by atoms with Gasteiger partial charge in [0, 0.05) is 49.6 Å². The second kappa shape index (κ2) is 16.5. The van der Waals surface area contributed by atoms with Crippen LogP contribution >= 0.6 is 0 Å². The Kier molecular flexibility index (Phi) is 12.7. The third kappa shape index (κ3) is 10.3. The van der Waals surface area contributed by atoms with Crippen molar-refractivity contribution in [2.75, 3.05) is 0 Å². The minimum atomic E-state index is -1.13. The molecule has 0 unspecified atom stereocenters. The number of aromatic amines is 4. The number of carbonyl (C=O) groups is 2. The number of hydrogen-bond acceptors (Lipinski definition) is 8. The molecular formula is C26H22CuN8O4. The van der Waals surface area contributed by atoms with Crippen molar-refractivity contribution in [1.29, 1.82) is 0 Å². The molecule has 39 heavy (non-hydrogen) atoms. The van der Waals surface area contributed by atoms with Crippen molar-refractivity contribution in [2.24, 2.45) is 0 Å². The Balaban J connectivity index is 0.000000181. The van der Waals surface area contributed by atoms with Gasteiger partial charge in [0.2, 0.25) is 0 Å². The first-order valence-electron chi connectivity index (χ1n) is 11.1. The largest absolute Gasteiger partial charge is 2.00 e. The fraction of sp³-hybridized carbons (Fsp3) is 0. The number of imidazole rings is 4. The van der Waals surface area contributed by atoms with Crippen molar-refractivity contribution in [3.05, 3.63) is 121 Å². The Morgan fingerprint density at radius 1 is 0.487 bits per heavy atom. The molecular weight excluding hydrogens is 552 g/mol. The number of nitrogens with one attached hydrogen (secondary N) is 4. The molecule has 1 radical (unpaired) electrons. The summed E-state index contributed by atoms with van der Waals surface area (Å²) in [6.45, 7) is 0. The Hall–Kier alpha value is -5.26. The number of carboxylic acid groups (broad SMARTS) is 2. The van der Waals surface area contributed by atoms with Crippen molar-refractivity contribution in [3.63, 3.8) is 0 Å². The van der Waals surface area contributed by atoms with Crippen LogP contribution in [0, 0.1) is 0 Å². The Morgan fingerprint density at radius 3 is 0.897 bits per heavy atom. The molecule has 0 aliphatic rings. The van der Waals surface area contributed by atoms with Crippen LogP contribution in [0.2, 0.25) is 0 Å². The summed E-state index contributed by atoms with van der Waals surface area (Å²) < 4.78 is 0. The van der Waals surface area contributed by atoms with Gasteiger partial charge >= 0.3 is 17.1 Å². The summed E-state index contributed by atoms with van der Waals surface area (Å²) in [7, 11) is 0. The monoisotopic (exact) mass is 573 g/mol. The number of nitrogens with zero attached hydrogens (tertiary/aromatic N) is 4. The normalized spacial score (nSPS) is 9.23. The topological polar surface area (TPSA) is 195 Å². The van der Waals surface area contributed by atoms with Crippen LogP contribution in [0.5, 0.6) is 0 Å². The smallest absolute Gasteiger partial charge is 0.545 e. The van der Waals surface area contributed by atoms with Gasteiger partial charge in [-0.2, -0.15) is 0 Å². The van der Waals surface area contributed by atoms with Crippen LogP contribution in [0.1, 0.15) is 20.7 Å². The Bertz CT molecular complexity index is 1260. The predicted molar refractivity (Wildman–Crippen MR) is 134 cm³/mol. The molecule has 6 rings (SSSR count). The van der Waals surface area contributed by atoms with E-state index < -0.39 is 11.9 Å². The molecule has 4 aromatic heterocycles. The quantitative estimate of drug-likeness (QED) is 0.228. The number of H-pyrrole nitrogens is 4. The molecule has 0 fully saturated rings. The first kappa shape index (κ1) is 30.0. The standard InChI is InChI=1S/2C7H6O2.2C6H6N4.Cu/c2*8-7(9)6-4-2-1-3-5-6;2*1-2-8-5(7-1)6-9-3-4-10-6;/h2*1-5H,(H,8,9);2*1-4H,(H,7,8)(H,9,10);/q;;;;+2/p-2. The van der Waals surface area contributed by atoms with E-state index in [0.29, 0.717) is 0 Å². The number of rotatable bonds is 4. The van der Waals surface area contributed by atoms with Gasteiger partial charge in [-0.1, -0.05) is 60.7 Å². The maximum atomic E-state index is 10.1. The van der Waals surface area contributed by atoms with Gasteiger partial charge in [0.1, 0.15) is 0 Å². The maximum Gasteiger partial charge on any atom is 2.00 e. The molecule has 6 aromatic rings. The van der Waals surface area contributed by atoms with Gasteiger partial charge in [-0.25, -0.2) is 19.9 Å². The van der Waals surface area contributed by atoms with Crippen molar-refractivity contribution < 1.29 is 36.9 Å². The van der Waals surface area contributed by atoms with Gasteiger partial charge in [0.25, 0.3) is 0 Å². The number of aromatic carboxylic acids is 2. The molecule has 201 valence electrons. The molecule has 0 spiro atoms. The molecule has 0 aliphatic heterocycles. The number of benzene rings is 2. The van der Waals surface area contributed by atoms with Gasteiger partial charge in [-0.15, -0.1) is 0 Å². The molecule has 4 heterocycles. The molecule has 0 amide bonds. The van der Waals surface area contributed by atoms with Crippen LogP contribution in [0.25, 0.3) is 23.3 Å². The summed E-state index contributed by atoms with van der Waals surface area (Å²) in [5.41, 5.74) is 0.440. The number of carboxylic acids is 2. The van der Waals surface area contributed by atoms with Gasteiger partial charge in [-0.05, 0) is 11.1 Å². The zero-order valence-electron chi connectivity index (χ0n) is 20.1. The number of hydrogen-bond donors (Lipinski definition) is 4. The average Bonchev–Trinajstić information content (AvgIpc) is 3.78. The number of aromatic nitrogens is 8. The van der Waals surface area contributed by atoms with Crippen LogP contribution in [-0.2, 0) is 17.1 Å². The van der Waals surface area contributed by atoms with Crippen LogP contribution in [-0.4, -0.2) is 51.8 Å². The Labute approximate surface area is 233 Å². The summed E-state index contributed by atoms with van der Waals surface area (Å²) in [4.78, 5) is 48.0. The number of carbonyl (C=O) groups excluding carboxylic acids is 2. The van der Waals surface area contributed by atoms with Crippen molar-refractivity contribution in [2.45, 2.75) is 0 Å².